The van der Waals surface area contributed by atoms with Crippen molar-refractivity contribution in [3.05, 3.63) is 60.2 Å². The molecule has 0 radical (unpaired) electrons. The number of hydrogen-bond donors (Lipinski definition) is 2. The van der Waals surface area contributed by atoms with E-state index in [0.29, 0.717) is 5.56 Å². The third-order valence-electron chi connectivity index (χ3n) is 3.21. The van der Waals surface area contributed by atoms with Crippen LogP contribution in [-0.4, -0.2) is 32.1 Å². The van der Waals surface area contributed by atoms with E-state index < -0.39 is 28.6 Å². The predicted octanol–water partition coefficient (Wildman–Crippen LogP) is 1.98. The molecule has 0 spiro atoms. The lowest BCUT2D eigenvalue weighted by Gasteiger charge is -2.21. The van der Waals surface area contributed by atoms with Crippen LogP contribution in [0.3, 0.4) is 0 Å². The topological polar surface area (TPSA) is 104 Å². The van der Waals surface area contributed by atoms with Crippen molar-refractivity contribution in [2.45, 2.75) is 11.8 Å². The number of aliphatic carboxylic acids is 1. The molecule has 2 amide bonds. The highest BCUT2D eigenvalue weighted by Gasteiger charge is 2.25. The van der Waals surface area contributed by atoms with Crippen LogP contribution >= 0.6 is 0 Å². The van der Waals surface area contributed by atoms with Gasteiger partial charge in [-0.25, -0.2) is 17.9 Å². The number of carbonyl (C=O) groups is 2. The molecule has 8 heteroatoms. The van der Waals surface area contributed by atoms with E-state index in [9.17, 15) is 18.0 Å². The van der Waals surface area contributed by atoms with Gasteiger partial charge in [0.05, 0.1) is 4.90 Å². The summed E-state index contributed by atoms with van der Waals surface area (Å²) in [5.41, 5.74) is 0.750. The van der Waals surface area contributed by atoms with Gasteiger partial charge in [-0.3, -0.25) is 9.69 Å². The van der Waals surface area contributed by atoms with Gasteiger partial charge in [-0.1, -0.05) is 36.4 Å². The minimum absolute atomic E-state index is 0.0401. The minimum Gasteiger partial charge on any atom is -0.480 e. The molecule has 24 heavy (non-hydrogen) atoms. The van der Waals surface area contributed by atoms with E-state index in [2.05, 4.69) is 0 Å². The number of nitrogens with zero attached hydrogens (tertiary/aromatic N) is 1. The Bertz CT molecular complexity index is 850. The Morgan fingerprint density at radius 1 is 1.04 bits per heavy atom. The van der Waals surface area contributed by atoms with E-state index in [1.807, 2.05) is 4.72 Å². The maximum absolute atomic E-state index is 12.4. The van der Waals surface area contributed by atoms with Gasteiger partial charge >= 0.3 is 12.0 Å². The maximum atomic E-state index is 12.4. The lowest BCUT2D eigenvalue weighted by molar-refractivity contribution is -0.135. The summed E-state index contributed by atoms with van der Waals surface area (Å²) < 4.78 is 26.7. The first-order valence-electron chi connectivity index (χ1n) is 6.98. The van der Waals surface area contributed by atoms with Crippen LogP contribution in [0.2, 0.25) is 0 Å². The molecular weight excluding hydrogens is 332 g/mol. The van der Waals surface area contributed by atoms with Crippen molar-refractivity contribution in [1.29, 1.82) is 0 Å². The Balaban J connectivity index is 2.31. The Labute approximate surface area is 139 Å². The Morgan fingerprint density at radius 2 is 1.62 bits per heavy atom. The second-order valence-corrected chi connectivity index (χ2v) is 6.64. The second kappa shape index (κ2) is 7.14. The van der Waals surface area contributed by atoms with Crippen molar-refractivity contribution < 1.29 is 23.1 Å². The number of carboxylic acids is 1. The fraction of sp³-hybridized carbons (Fsp3) is 0.125. The van der Waals surface area contributed by atoms with Gasteiger partial charge < -0.3 is 5.11 Å². The monoisotopic (exact) mass is 348 g/mol. The molecule has 2 rings (SSSR count). The average Bonchev–Trinajstić information content (AvgIpc) is 2.53. The molecular formula is C16H16N2O5S. The van der Waals surface area contributed by atoms with Crippen molar-refractivity contribution in [3.8, 4) is 0 Å². The average molecular weight is 348 g/mol. The van der Waals surface area contributed by atoms with Gasteiger partial charge in [0.25, 0.3) is 10.0 Å². The van der Waals surface area contributed by atoms with E-state index in [1.165, 1.54) is 24.3 Å². The number of sulfonamides is 1. The van der Waals surface area contributed by atoms with E-state index >= 15 is 0 Å². The van der Waals surface area contributed by atoms with Crippen LogP contribution in [0.1, 0.15) is 5.56 Å². The lowest BCUT2D eigenvalue weighted by atomic mass is 10.2. The first kappa shape index (κ1) is 17.5. The number of carbonyl (C=O) groups excluding carboxylic acids is 1. The minimum atomic E-state index is -4.11. The van der Waals surface area contributed by atoms with Crippen molar-refractivity contribution in [2.75, 3.05) is 11.4 Å². The molecule has 0 fully saturated rings. The molecule has 0 aliphatic rings. The van der Waals surface area contributed by atoms with Crippen LogP contribution in [-0.2, 0) is 14.8 Å². The molecule has 0 saturated heterocycles. The molecule has 0 heterocycles. The molecule has 0 aliphatic carbocycles. The summed E-state index contributed by atoms with van der Waals surface area (Å²) in [6.07, 6.45) is 0. The van der Waals surface area contributed by atoms with Crippen LogP contribution in [0.4, 0.5) is 10.5 Å². The zero-order valence-electron chi connectivity index (χ0n) is 12.8. The summed E-state index contributed by atoms with van der Waals surface area (Å²) in [4.78, 5) is 24.2. The van der Waals surface area contributed by atoms with E-state index in [-0.39, 0.29) is 10.6 Å². The summed E-state index contributed by atoms with van der Waals surface area (Å²) in [6.45, 7) is 0.935. The molecule has 126 valence electrons. The van der Waals surface area contributed by atoms with Crippen LogP contribution in [0.15, 0.2) is 59.5 Å². The molecule has 0 saturated carbocycles. The normalized spacial score (nSPS) is 10.9. The van der Waals surface area contributed by atoms with Gasteiger partial charge in [-0.05, 0) is 30.7 Å². The van der Waals surface area contributed by atoms with Gasteiger partial charge in [-0.15, -0.1) is 0 Å². The Kier molecular flexibility index (Phi) is 5.20. The molecule has 2 aromatic carbocycles. The quantitative estimate of drug-likeness (QED) is 0.860. The largest absolute Gasteiger partial charge is 0.480 e. The Morgan fingerprint density at radius 3 is 2.21 bits per heavy atom. The highest BCUT2D eigenvalue weighted by atomic mass is 32.2. The van der Waals surface area contributed by atoms with Crippen LogP contribution in [0.25, 0.3) is 0 Å². The molecule has 7 nitrogen and oxygen atoms in total. The van der Waals surface area contributed by atoms with Crippen molar-refractivity contribution in [3.63, 3.8) is 0 Å². The van der Waals surface area contributed by atoms with Gasteiger partial charge in [0, 0.05) is 5.69 Å². The highest BCUT2D eigenvalue weighted by molar-refractivity contribution is 7.90. The first-order valence-corrected chi connectivity index (χ1v) is 8.46. The number of amides is 2. The number of rotatable bonds is 5. The summed E-state index contributed by atoms with van der Waals surface area (Å²) in [5.74, 6) is -1.26. The van der Waals surface area contributed by atoms with E-state index in [4.69, 9.17) is 5.11 Å². The predicted molar refractivity (Wildman–Crippen MR) is 88.3 cm³/mol. The maximum Gasteiger partial charge on any atom is 0.336 e. The lowest BCUT2D eigenvalue weighted by Crippen LogP contribution is -2.45. The first-order chi connectivity index (χ1) is 11.3. The summed E-state index contributed by atoms with van der Waals surface area (Å²) >= 11 is 0. The number of carboxylic acid groups (broad SMARTS) is 1. The fourth-order valence-electron chi connectivity index (χ4n) is 2.11. The molecule has 2 N–H and O–H groups in total. The highest BCUT2D eigenvalue weighted by Crippen LogP contribution is 2.17. The van der Waals surface area contributed by atoms with E-state index in [0.717, 1.165) is 4.90 Å². The summed E-state index contributed by atoms with van der Waals surface area (Å²) in [5, 5.41) is 8.98. The van der Waals surface area contributed by atoms with Crippen LogP contribution < -0.4 is 9.62 Å². The zero-order valence-corrected chi connectivity index (χ0v) is 13.7. The summed E-state index contributed by atoms with van der Waals surface area (Å²) in [7, 11) is -4.11. The fourth-order valence-corrected chi connectivity index (χ4v) is 3.31. The van der Waals surface area contributed by atoms with Crippen molar-refractivity contribution >= 4 is 27.7 Å². The van der Waals surface area contributed by atoms with Gasteiger partial charge in [-0.2, -0.15) is 0 Å². The molecule has 0 bridgehead atoms. The number of anilines is 1. The number of hydrogen-bond acceptors (Lipinski definition) is 4. The van der Waals surface area contributed by atoms with Gasteiger partial charge in [0.15, 0.2) is 0 Å². The molecule has 2 aromatic rings. The smallest absolute Gasteiger partial charge is 0.336 e. The van der Waals surface area contributed by atoms with Crippen molar-refractivity contribution in [1.82, 2.24) is 4.72 Å². The molecule has 0 aromatic heterocycles. The number of aryl methyl sites for hydroxylation is 1. The second-order valence-electron chi connectivity index (χ2n) is 4.99. The molecule has 0 atom stereocenters. The Hall–Kier alpha value is -2.87. The molecule has 0 aliphatic heterocycles. The number of benzene rings is 2. The van der Waals surface area contributed by atoms with Crippen LogP contribution in [0.5, 0.6) is 0 Å². The standard InChI is InChI=1S/C16H16N2O5S/c1-12-7-5-6-10-14(12)24(22,23)17-16(21)18(11-15(19)20)13-8-3-2-4-9-13/h2-10H,11H2,1H3,(H,17,21)(H,19,20). The van der Waals surface area contributed by atoms with E-state index in [1.54, 1.807) is 37.3 Å². The number of nitrogens with one attached hydrogen (secondary N) is 1. The summed E-state index contributed by atoms with van der Waals surface area (Å²) in [6, 6.07) is 13.1. The van der Waals surface area contributed by atoms with Crippen molar-refractivity contribution in [2.24, 2.45) is 0 Å². The third-order valence-corrected chi connectivity index (χ3v) is 4.69. The van der Waals surface area contributed by atoms with Gasteiger partial charge in [0.2, 0.25) is 0 Å². The SMILES string of the molecule is Cc1ccccc1S(=O)(=O)NC(=O)N(CC(=O)O)c1ccccc1. The third kappa shape index (κ3) is 4.11. The zero-order chi connectivity index (χ0) is 17.7. The molecule has 0 unspecified atom stereocenters. The number of urea groups is 1. The van der Waals surface area contributed by atoms with Crippen LogP contribution in [0, 0.1) is 6.92 Å². The van der Waals surface area contributed by atoms with Gasteiger partial charge in [0.1, 0.15) is 6.54 Å². The number of para-hydroxylation sites is 1.